The monoisotopic (exact) mass is 400 g/mol. The molecule has 1 aromatic heterocycles. The molecule has 0 aliphatic heterocycles. The molecule has 0 amide bonds. The minimum atomic E-state index is -3.94. The van der Waals surface area contributed by atoms with Crippen molar-refractivity contribution in [3.63, 3.8) is 0 Å². The van der Waals surface area contributed by atoms with E-state index in [1.165, 1.54) is 17.7 Å². The van der Waals surface area contributed by atoms with Crippen molar-refractivity contribution >= 4 is 33.3 Å². The van der Waals surface area contributed by atoms with Crippen LogP contribution in [0.2, 0.25) is 5.02 Å². The summed E-state index contributed by atoms with van der Waals surface area (Å²) in [6.45, 7) is 5.10. The van der Waals surface area contributed by atoms with Crippen molar-refractivity contribution in [3.05, 3.63) is 40.2 Å². The highest BCUT2D eigenvalue weighted by Crippen LogP contribution is 2.31. The lowest BCUT2D eigenvalue weighted by molar-refractivity contribution is 0.0514. The van der Waals surface area contributed by atoms with E-state index in [0.29, 0.717) is 17.0 Å². The molecule has 0 aliphatic carbocycles. The Morgan fingerprint density at radius 3 is 2.50 bits per heavy atom. The molecule has 0 saturated heterocycles. The largest absolute Gasteiger partial charge is 0.495 e. The lowest BCUT2D eigenvalue weighted by atomic mass is 10.2. The Labute approximate surface area is 157 Å². The molecule has 0 fully saturated rings. The van der Waals surface area contributed by atoms with Gasteiger partial charge in [-0.05, 0) is 39.0 Å². The van der Waals surface area contributed by atoms with E-state index in [9.17, 15) is 13.2 Å². The molecule has 0 spiro atoms. The molecule has 1 N–H and O–H groups in total. The fraction of sp³-hybridized carbons (Fsp3) is 0.353. The first kappa shape index (κ1) is 20.1. The number of nitrogens with zero attached hydrogens (tertiary/aromatic N) is 1. The maximum absolute atomic E-state index is 12.9. The van der Waals surface area contributed by atoms with Gasteiger partial charge in [0, 0.05) is 18.3 Å². The summed E-state index contributed by atoms with van der Waals surface area (Å²) in [7, 11) is -0.845. The summed E-state index contributed by atoms with van der Waals surface area (Å²) >= 11 is 6.05. The Morgan fingerprint density at radius 2 is 1.96 bits per heavy atom. The first-order chi connectivity index (χ1) is 12.1. The molecule has 1 heterocycles. The van der Waals surface area contributed by atoms with Gasteiger partial charge in [0.15, 0.2) is 0 Å². The minimum absolute atomic E-state index is 0.0370. The number of benzene rings is 1. The Kier molecular flexibility index (Phi) is 5.87. The van der Waals surface area contributed by atoms with Crippen LogP contribution in [0.3, 0.4) is 0 Å². The first-order valence-electron chi connectivity index (χ1n) is 7.83. The van der Waals surface area contributed by atoms with Crippen molar-refractivity contribution in [2.75, 3.05) is 18.4 Å². The van der Waals surface area contributed by atoms with Crippen molar-refractivity contribution in [1.82, 2.24) is 4.57 Å². The van der Waals surface area contributed by atoms with Gasteiger partial charge in [-0.25, -0.2) is 13.2 Å². The molecule has 1 aromatic carbocycles. The lowest BCUT2D eigenvalue weighted by Crippen LogP contribution is -2.15. The Balaban J connectivity index is 2.48. The number of halogens is 1. The fourth-order valence-corrected chi connectivity index (χ4v) is 4.59. The molecule has 0 radical (unpaired) electrons. The third-order valence-electron chi connectivity index (χ3n) is 4.00. The van der Waals surface area contributed by atoms with Gasteiger partial charge in [-0.15, -0.1) is 0 Å². The Bertz CT molecular complexity index is 951. The number of anilines is 1. The van der Waals surface area contributed by atoms with Crippen LogP contribution in [0.5, 0.6) is 5.75 Å². The maximum atomic E-state index is 12.9. The summed E-state index contributed by atoms with van der Waals surface area (Å²) in [6, 6.07) is 4.56. The third kappa shape index (κ3) is 3.66. The van der Waals surface area contributed by atoms with Gasteiger partial charge in [-0.3, -0.25) is 4.72 Å². The van der Waals surface area contributed by atoms with E-state index in [0.717, 1.165) is 0 Å². The minimum Gasteiger partial charge on any atom is -0.495 e. The molecule has 2 aromatic rings. The number of hydrogen-bond acceptors (Lipinski definition) is 5. The van der Waals surface area contributed by atoms with Crippen molar-refractivity contribution in [2.45, 2.75) is 25.7 Å². The van der Waals surface area contributed by atoms with Crippen LogP contribution in [0.25, 0.3) is 0 Å². The molecule has 9 heteroatoms. The van der Waals surface area contributed by atoms with Crippen molar-refractivity contribution in [1.29, 1.82) is 0 Å². The van der Waals surface area contributed by atoms with Crippen LogP contribution in [0, 0.1) is 13.8 Å². The third-order valence-corrected chi connectivity index (χ3v) is 5.94. The van der Waals surface area contributed by atoms with Crippen molar-refractivity contribution in [2.24, 2.45) is 7.05 Å². The topological polar surface area (TPSA) is 86.6 Å². The van der Waals surface area contributed by atoms with Gasteiger partial charge >= 0.3 is 5.97 Å². The number of rotatable bonds is 6. The number of carbonyl (C=O) groups is 1. The van der Waals surface area contributed by atoms with Crippen LogP contribution in [0.15, 0.2) is 23.1 Å². The van der Waals surface area contributed by atoms with Crippen molar-refractivity contribution in [3.8, 4) is 5.75 Å². The summed E-state index contributed by atoms with van der Waals surface area (Å²) in [4.78, 5) is 12.2. The van der Waals surface area contributed by atoms with E-state index >= 15 is 0 Å². The van der Waals surface area contributed by atoms with Gasteiger partial charge in [0.2, 0.25) is 0 Å². The van der Waals surface area contributed by atoms with Crippen LogP contribution in [0.1, 0.15) is 28.7 Å². The highest BCUT2D eigenvalue weighted by Gasteiger charge is 2.29. The number of hydrogen-bond donors (Lipinski definition) is 1. The van der Waals surface area contributed by atoms with Crippen molar-refractivity contribution < 1.29 is 22.7 Å². The number of carbonyl (C=O) groups excluding carboxylic acids is 1. The maximum Gasteiger partial charge on any atom is 0.355 e. The summed E-state index contributed by atoms with van der Waals surface area (Å²) < 4.78 is 39.9. The average molecular weight is 401 g/mol. The van der Waals surface area contributed by atoms with E-state index in [4.69, 9.17) is 21.1 Å². The fourth-order valence-electron chi connectivity index (χ4n) is 2.77. The lowest BCUT2D eigenvalue weighted by Gasteiger charge is -2.11. The highest BCUT2D eigenvalue weighted by atomic mass is 35.5. The molecule has 0 atom stereocenters. The Morgan fingerprint density at radius 1 is 1.31 bits per heavy atom. The van der Waals surface area contributed by atoms with Crippen LogP contribution >= 0.6 is 11.6 Å². The molecule has 0 saturated carbocycles. The van der Waals surface area contributed by atoms with Gasteiger partial charge in [0.25, 0.3) is 10.0 Å². The molecule has 0 bridgehead atoms. The zero-order chi connectivity index (χ0) is 19.6. The normalized spacial score (nSPS) is 11.3. The molecular weight excluding hydrogens is 380 g/mol. The van der Waals surface area contributed by atoms with Crippen LogP contribution in [-0.2, 0) is 21.8 Å². The van der Waals surface area contributed by atoms with E-state index in [1.807, 2.05) is 0 Å². The van der Waals surface area contributed by atoms with Gasteiger partial charge in [0.05, 0.1) is 24.4 Å². The van der Waals surface area contributed by atoms with Crippen LogP contribution in [0.4, 0.5) is 5.69 Å². The number of sulfonamides is 1. The number of aromatic nitrogens is 1. The standard InChI is InChI=1S/C17H21ClN2O5S/c1-6-25-17(21)15-10(2)16(11(3)20(15)4)26(22,23)19-12-7-8-14(24-5)13(18)9-12/h7-9,19H,6H2,1-5H3. The molecular formula is C17H21ClN2O5S. The van der Waals surface area contributed by atoms with Gasteiger partial charge in [-0.1, -0.05) is 11.6 Å². The number of ether oxygens (including phenoxy) is 2. The average Bonchev–Trinajstić information content (AvgIpc) is 2.77. The van der Waals surface area contributed by atoms with E-state index in [1.54, 1.807) is 40.0 Å². The SMILES string of the molecule is CCOC(=O)c1c(C)c(S(=O)(=O)Nc2ccc(OC)c(Cl)c2)c(C)n1C. The van der Waals surface area contributed by atoms with E-state index < -0.39 is 16.0 Å². The molecule has 7 nitrogen and oxygen atoms in total. The molecule has 0 unspecified atom stereocenters. The number of nitrogens with one attached hydrogen (secondary N) is 1. The van der Waals surface area contributed by atoms with E-state index in [-0.39, 0.29) is 27.9 Å². The van der Waals surface area contributed by atoms with Gasteiger partial charge in [-0.2, -0.15) is 0 Å². The second-order valence-corrected chi connectivity index (χ2v) is 7.65. The predicted molar refractivity (Wildman–Crippen MR) is 99.7 cm³/mol. The Hall–Kier alpha value is -2.19. The van der Waals surface area contributed by atoms with Gasteiger partial charge < -0.3 is 14.0 Å². The number of methoxy groups -OCH3 is 1. The summed E-state index contributed by atoms with van der Waals surface area (Å²) in [5.74, 6) is -0.129. The zero-order valence-electron chi connectivity index (χ0n) is 15.2. The second kappa shape index (κ2) is 7.59. The summed E-state index contributed by atoms with van der Waals surface area (Å²) in [5.41, 5.74) is 1.25. The highest BCUT2D eigenvalue weighted by molar-refractivity contribution is 7.92. The molecule has 142 valence electrons. The van der Waals surface area contributed by atoms with Gasteiger partial charge in [0.1, 0.15) is 16.3 Å². The quantitative estimate of drug-likeness (QED) is 0.752. The van der Waals surface area contributed by atoms with Crippen LogP contribution < -0.4 is 9.46 Å². The zero-order valence-corrected chi connectivity index (χ0v) is 16.8. The predicted octanol–water partition coefficient (Wildman–Crippen LogP) is 3.28. The van der Waals surface area contributed by atoms with E-state index in [2.05, 4.69) is 4.72 Å². The smallest absolute Gasteiger partial charge is 0.355 e. The molecule has 26 heavy (non-hydrogen) atoms. The second-order valence-electron chi connectivity index (χ2n) is 5.62. The first-order valence-corrected chi connectivity index (χ1v) is 9.69. The molecule has 0 aliphatic rings. The summed E-state index contributed by atoms with van der Waals surface area (Å²) in [5, 5.41) is 0.279. The molecule has 2 rings (SSSR count). The summed E-state index contributed by atoms with van der Waals surface area (Å²) in [6.07, 6.45) is 0. The van der Waals surface area contributed by atoms with Crippen LogP contribution in [-0.4, -0.2) is 32.7 Å². The number of esters is 1.